The number of carboxylic acid groups (broad SMARTS) is 2. The maximum absolute atomic E-state index is 9.37. The predicted molar refractivity (Wildman–Crippen MR) is 58.0 cm³/mol. The Morgan fingerprint density at radius 1 is 1.07 bits per heavy atom. The quantitative estimate of drug-likeness (QED) is 0.543. The molecule has 0 aromatic heterocycles. The Balaban J connectivity index is -0.000000144. The average molecular weight is 220 g/mol. The molecule has 0 aromatic carbocycles. The Bertz CT molecular complexity index is 184. The van der Waals surface area contributed by atoms with Crippen molar-refractivity contribution in [3.8, 4) is 0 Å². The summed E-state index contributed by atoms with van der Waals surface area (Å²) in [5.74, 6) is -1.11. The third-order valence-electron chi connectivity index (χ3n) is 0.938. The van der Waals surface area contributed by atoms with Crippen molar-refractivity contribution in [1.29, 1.82) is 0 Å². The van der Waals surface area contributed by atoms with E-state index in [0.717, 1.165) is 0 Å². The van der Waals surface area contributed by atoms with Crippen molar-refractivity contribution in [2.75, 3.05) is 0 Å². The molecule has 0 aliphatic heterocycles. The van der Waals surface area contributed by atoms with Gasteiger partial charge in [-0.25, -0.2) is 0 Å². The van der Waals surface area contributed by atoms with E-state index in [-0.39, 0.29) is 12.8 Å². The van der Waals surface area contributed by atoms with Crippen LogP contribution in [0.5, 0.6) is 0 Å². The van der Waals surface area contributed by atoms with Crippen molar-refractivity contribution in [2.24, 2.45) is 11.5 Å². The van der Waals surface area contributed by atoms with Crippen LogP contribution < -0.4 is 11.5 Å². The van der Waals surface area contributed by atoms with E-state index in [0.29, 0.717) is 5.82 Å². The summed E-state index contributed by atoms with van der Waals surface area (Å²) in [5.41, 5.74) is 9.86. The van der Waals surface area contributed by atoms with Crippen LogP contribution >= 0.6 is 0 Å². The number of carboxylic acids is 2. The zero-order chi connectivity index (χ0) is 12.9. The first kappa shape index (κ1) is 18.9. The van der Waals surface area contributed by atoms with Gasteiger partial charge in [-0.15, -0.1) is 0 Å². The van der Waals surface area contributed by atoms with Crippen LogP contribution in [0.1, 0.15) is 33.6 Å². The second kappa shape index (κ2) is 14.8. The van der Waals surface area contributed by atoms with Gasteiger partial charge in [-0.1, -0.05) is 13.8 Å². The number of hydrogen-bond donors (Lipinski definition) is 4. The average Bonchev–Trinajstić information content (AvgIpc) is 2.19. The third kappa shape index (κ3) is 70.8. The lowest BCUT2D eigenvalue weighted by atomic mass is 10.5. The number of aliphatic carboxylic acids is 2. The second-order valence-corrected chi connectivity index (χ2v) is 2.28. The van der Waals surface area contributed by atoms with E-state index in [4.69, 9.17) is 21.7 Å². The summed E-state index contributed by atoms with van der Waals surface area (Å²) in [6.45, 7) is 4.99. The Labute approximate surface area is 89.6 Å². The summed E-state index contributed by atoms with van der Waals surface area (Å²) in [5, 5.41) is 15.4. The molecule has 0 heterocycles. The molecule has 0 saturated heterocycles. The zero-order valence-electron chi connectivity index (χ0n) is 9.36. The van der Waals surface area contributed by atoms with E-state index in [9.17, 15) is 9.59 Å². The summed E-state index contributed by atoms with van der Waals surface area (Å²) in [6.07, 6.45) is 2.08. The van der Waals surface area contributed by atoms with Crippen LogP contribution in [0.25, 0.3) is 0 Å². The molecule has 6 heteroatoms. The minimum absolute atomic E-state index is 0.222. The van der Waals surface area contributed by atoms with Crippen LogP contribution in [-0.4, -0.2) is 22.2 Å². The van der Waals surface area contributed by atoms with Crippen LogP contribution in [0.2, 0.25) is 0 Å². The monoisotopic (exact) mass is 220 g/mol. The molecule has 0 fully saturated rings. The van der Waals surface area contributed by atoms with Gasteiger partial charge < -0.3 is 21.7 Å². The number of allylic oxidation sites excluding steroid dienone is 1. The number of rotatable bonds is 2. The molecule has 0 aromatic rings. The zero-order valence-corrected chi connectivity index (χ0v) is 9.36. The lowest BCUT2D eigenvalue weighted by Gasteiger charge is -1.78. The van der Waals surface area contributed by atoms with Gasteiger partial charge in [-0.3, -0.25) is 9.59 Å². The van der Waals surface area contributed by atoms with Gasteiger partial charge in [-0.05, 0) is 13.0 Å². The van der Waals surface area contributed by atoms with Crippen molar-refractivity contribution in [1.82, 2.24) is 0 Å². The van der Waals surface area contributed by atoms with Crippen LogP contribution in [0.15, 0.2) is 11.9 Å². The van der Waals surface area contributed by atoms with Crippen molar-refractivity contribution < 1.29 is 19.8 Å². The molecule has 0 bridgehead atoms. The molecule has 0 saturated carbocycles. The van der Waals surface area contributed by atoms with Crippen molar-refractivity contribution in [2.45, 2.75) is 33.6 Å². The maximum atomic E-state index is 9.37. The van der Waals surface area contributed by atoms with Gasteiger partial charge in [0.1, 0.15) is 0 Å². The summed E-state index contributed by atoms with van der Waals surface area (Å²) < 4.78 is 0. The highest BCUT2D eigenvalue weighted by Crippen LogP contribution is 1.67. The van der Waals surface area contributed by atoms with E-state index >= 15 is 0 Å². The lowest BCUT2D eigenvalue weighted by Crippen LogP contribution is -2.06. The van der Waals surface area contributed by atoms with Gasteiger partial charge in [0.2, 0.25) is 0 Å². The highest BCUT2D eigenvalue weighted by Gasteiger charge is 1.81. The number of hydrogen-bond acceptors (Lipinski definition) is 4. The summed E-state index contributed by atoms with van der Waals surface area (Å²) >= 11 is 0. The van der Waals surface area contributed by atoms with Gasteiger partial charge in [-0.2, -0.15) is 0 Å². The van der Waals surface area contributed by atoms with E-state index < -0.39 is 11.9 Å². The molecule has 6 nitrogen and oxygen atoms in total. The van der Waals surface area contributed by atoms with Crippen LogP contribution in [-0.2, 0) is 9.59 Å². The van der Waals surface area contributed by atoms with Gasteiger partial charge in [0, 0.05) is 12.8 Å². The minimum Gasteiger partial charge on any atom is -0.481 e. The van der Waals surface area contributed by atoms with Crippen molar-refractivity contribution >= 4 is 11.9 Å². The highest BCUT2D eigenvalue weighted by atomic mass is 16.4. The van der Waals surface area contributed by atoms with Crippen molar-refractivity contribution in [3.63, 3.8) is 0 Å². The first-order valence-corrected chi connectivity index (χ1v) is 4.42. The molecule has 6 N–H and O–H groups in total. The molecule has 15 heavy (non-hydrogen) atoms. The first-order valence-electron chi connectivity index (χ1n) is 4.42. The number of carbonyl (C=O) groups is 2. The SMILES string of the molecule is CC=C(N)N.CCC(=O)O.CCC(=O)O. The van der Waals surface area contributed by atoms with Crippen LogP contribution in [0.4, 0.5) is 0 Å². The fourth-order valence-electron chi connectivity index (χ4n) is 0. The van der Waals surface area contributed by atoms with E-state index in [1.165, 1.54) is 0 Å². The standard InChI is InChI=1S/C3H8N2.2C3H6O2/c3*1-2-3(4)5/h2H,4-5H2,1H3;2*2H2,1H3,(H,4,5). The third-order valence-corrected chi connectivity index (χ3v) is 0.938. The molecule has 0 aliphatic carbocycles. The number of nitrogens with two attached hydrogens (primary N) is 2. The van der Waals surface area contributed by atoms with E-state index in [1.54, 1.807) is 26.8 Å². The smallest absolute Gasteiger partial charge is 0.303 e. The fourth-order valence-corrected chi connectivity index (χ4v) is 0. The largest absolute Gasteiger partial charge is 0.481 e. The minimum atomic E-state index is -0.745. The summed E-state index contributed by atoms with van der Waals surface area (Å²) in [4.78, 5) is 18.7. The Kier molecular flexibility index (Phi) is 18.7. The normalized spacial score (nSPS) is 7.13. The molecule has 0 radical (unpaired) electrons. The van der Waals surface area contributed by atoms with Gasteiger partial charge in [0.15, 0.2) is 0 Å². The Morgan fingerprint density at radius 3 is 1.20 bits per heavy atom. The fraction of sp³-hybridized carbons (Fsp3) is 0.556. The molecule has 0 spiro atoms. The van der Waals surface area contributed by atoms with Crippen molar-refractivity contribution in [3.05, 3.63) is 11.9 Å². The Hall–Kier alpha value is -1.72. The van der Waals surface area contributed by atoms with E-state index in [2.05, 4.69) is 0 Å². The van der Waals surface area contributed by atoms with Crippen LogP contribution in [0.3, 0.4) is 0 Å². The predicted octanol–water partition coefficient (Wildman–Crippen LogP) is 0.727. The maximum Gasteiger partial charge on any atom is 0.303 e. The molecular formula is C9H20N2O4. The summed E-state index contributed by atoms with van der Waals surface area (Å²) in [6, 6.07) is 0. The first-order chi connectivity index (χ1) is 6.81. The van der Waals surface area contributed by atoms with Gasteiger partial charge in [0.05, 0.1) is 5.82 Å². The molecule has 0 aliphatic rings. The van der Waals surface area contributed by atoms with E-state index in [1.807, 2.05) is 0 Å². The molecule has 0 amide bonds. The van der Waals surface area contributed by atoms with Gasteiger partial charge >= 0.3 is 11.9 Å². The topological polar surface area (TPSA) is 127 Å². The highest BCUT2D eigenvalue weighted by molar-refractivity contribution is 5.66. The molecule has 0 rings (SSSR count). The Morgan fingerprint density at radius 2 is 1.20 bits per heavy atom. The van der Waals surface area contributed by atoms with Gasteiger partial charge in [0.25, 0.3) is 0 Å². The molecule has 0 atom stereocenters. The summed E-state index contributed by atoms with van der Waals surface area (Å²) in [7, 11) is 0. The lowest BCUT2D eigenvalue weighted by molar-refractivity contribution is -0.137. The molecule has 0 unspecified atom stereocenters. The molecule has 90 valence electrons. The molecular weight excluding hydrogens is 200 g/mol. The second-order valence-electron chi connectivity index (χ2n) is 2.28. The van der Waals surface area contributed by atoms with Crippen LogP contribution in [0, 0.1) is 0 Å².